The monoisotopic (exact) mass is 449 g/mol. The van der Waals surface area contributed by atoms with Crippen LogP contribution in [0.3, 0.4) is 0 Å². The smallest absolute Gasteiger partial charge is 0.180 e. The first-order chi connectivity index (χ1) is 14.6. The van der Waals surface area contributed by atoms with Crippen LogP contribution in [0.25, 0.3) is 16.7 Å². The van der Waals surface area contributed by atoms with Crippen molar-refractivity contribution in [3.63, 3.8) is 0 Å². The van der Waals surface area contributed by atoms with Crippen molar-refractivity contribution in [3.05, 3.63) is 35.9 Å². The molecule has 168 valence electrons. The van der Waals surface area contributed by atoms with Crippen molar-refractivity contribution in [2.45, 2.75) is 37.5 Å². The summed E-state index contributed by atoms with van der Waals surface area (Å²) in [6, 6.07) is 7.70. The molecule has 0 amide bonds. The van der Waals surface area contributed by atoms with Gasteiger partial charge in [-0.05, 0) is 29.7 Å². The molecule has 0 atom stereocenters. The zero-order valence-electron chi connectivity index (χ0n) is 17.7. The lowest BCUT2D eigenvalue weighted by molar-refractivity contribution is 0.233. The van der Waals surface area contributed by atoms with Crippen LogP contribution in [-0.2, 0) is 15.3 Å². The summed E-state index contributed by atoms with van der Waals surface area (Å²) in [5.41, 5.74) is 1.32. The number of fused-ring (bicyclic) bond motifs is 1. The molecule has 2 aromatic carbocycles. The van der Waals surface area contributed by atoms with Crippen LogP contribution in [0.4, 0.5) is 0 Å². The molecule has 0 aliphatic rings. The van der Waals surface area contributed by atoms with E-state index in [1.807, 2.05) is 20.8 Å². The van der Waals surface area contributed by atoms with Gasteiger partial charge in [-0.2, -0.15) is 0 Å². The second kappa shape index (κ2) is 8.81. The Balaban J connectivity index is 2.11. The number of aliphatic hydroxyl groups excluding tert-OH is 2. The second-order valence-electron chi connectivity index (χ2n) is 8.20. The van der Waals surface area contributed by atoms with Gasteiger partial charge in [0.15, 0.2) is 9.84 Å². The van der Waals surface area contributed by atoms with Gasteiger partial charge < -0.3 is 20.1 Å². The van der Waals surface area contributed by atoms with Gasteiger partial charge in [-0.3, -0.25) is 0 Å². The molecule has 0 aliphatic heterocycles. The fourth-order valence-electron chi connectivity index (χ4n) is 3.09. The molecule has 0 spiro atoms. The zero-order valence-corrected chi connectivity index (χ0v) is 18.6. The van der Waals surface area contributed by atoms with E-state index in [1.54, 1.807) is 12.1 Å². The number of aromatic nitrogens is 3. The van der Waals surface area contributed by atoms with E-state index in [4.69, 9.17) is 14.9 Å². The number of rotatable bonds is 8. The number of sulfone groups is 1. The Bertz CT molecular complexity index is 1180. The minimum absolute atomic E-state index is 0.00422. The van der Waals surface area contributed by atoms with Gasteiger partial charge in [-0.25, -0.2) is 8.42 Å². The Kier molecular flexibility index (Phi) is 6.54. The van der Waals surface area contributed by atoms with Crippen molar-refractivity contribution in [1.29, 1.82) is 0 Å². The lowest BCUT2D eigenvalue weighted by Crippen LogP contribution is -2.14. The van der Waals surface area contributed by atoms with Gasteiger partial charge >= 0.3 is 0 Å². The van der Waals surface area contributed by atoms with Crippen LogP contribution in [0, 0.1) is 0 Å². The Morgan fingerprint density at radius 3 is 2.39 bits per heavy atom. The summed E-state index contributed by atoms with van der Waals surface area (Å²) >= 11 is 0. The molecule has 3 rings (SSSR count). The molecule has 9 nitrogen and oxygen atoms in total. The fraction of sp³-hybridized carbons (Fsp3) is 0.429. The second-order valence-corrected chi connectivity index (χ2v) is 10.3. The van der Waals surface area contributed by atoms with E-state index in [9.17, 15) is 13.5 Å². The van der Waals surface area contributed by atoms with E-state index in [1.165, 1.54) is 23.0 Å². The zero-order chi connectivity index (χ0) is 22.8. The Hall–Kier alpha value is -2.69. The minimum Gasteiger partial charge on any atom is -0.505 e. The summed E-state index contributed by atoms with van der Waals surface area (Å²) in [7, 11) is -3.63. The fourth-order valence-corrected chi connectivity index (χ4v) is 4.13. The number of aromatic hydroxyl groups is 1. The highest BCUT2D eigenvalue weighted by Crippen LogP contribution is 2.38. The van der Waals surface area contributed by atoms with Crippen LogP contribution in [0.2, 0.25) is 0 Å². The molecule has 0 bridgehead atoms. The van der Waals surface area contributed by atoms with Crippen molar-refractivity contribution < 1.29 is 28.5 Å². The van der Waals surface area contributed by atoms with Gasteiger partial charge in [0.2, 0.25) is 0 Å². The molecule has 1 aromatic heterocycles. The van der Waals surface area contributed by atoms with Crippen molar-refractivity contribution in [3.8, 4) is 17.2 Å². The Morgan fingerprint density at radius 1 is 1.03 bits per heavy atom. The van der Waals surface area contributed by atoms with E-state index in [-0.39, 0.29) is 23.0 Å². The van der Waals surface area contributed by atoms with Gasteiger partial charge in [-0.15, -0.1) is 15.0 Å². The summed E-state index contributed by atoms with van der Waals surface area (Å²) in [5, 5.41) is 37.7. The number of hydrogen-bond acceptors (Lipinski definition) is 8. The van der Waals surface area contributed by atoms with Gasteiger partial charge in [0.1, 0.15) is 28.2 Å². The van der Waals surface area contributed by atoms with Crippen molar-refractivity contribution in [1.82, 2.24) is 15.0 Å². The quantitative estimate of drug-likeness (QED) is 0.444. The van der Waals surface area contributed by atoms with Crippen LogP contribution in [0.5, 0.6) is 11.5 Å². The third-order valence-corrected chi connectivity index (χ3v) is 6.42. The lowest BCUT2D eigenvalue weighted by atomic mass is 9.86. The van der Waals surface area contributed by atoms with Crippen LogP contribution >= 0.6 is 0 Å². The van der Waals surface area contributed by atoms with E-state index in [0.29, 0.717) is 41.1 Å². The normalized spacial score (nSPS) is 12.4. The standard InChI is InChI=1S/C21H27N3O6S/c1-21(2,3)16-11-14(30-9-4-7-25)12-19(20(16)27)24-22-17-6-5-15(13-18(17)23-24)31(28,29)10-8-26/h5-6,11-13,25-27H,4,7-10H2,1-3H3. The van der Waals surface area contributed by atoms with E-state index < -0.39 is 21.9 Å². The molecular formula is C21H27N3O6S. The number of phenols is 1. The molecular weight excluding hydrogens is 422 g/mol. The maximum atomic E-state index is 12.2. The summed E-state index contributed by atoms with van der Waals surface area (Å²) in [4.78, 5) is 1.29. The summed E-state index contributed by atoms with van der Waals surface area (Å²) < 4.78 is 30.2. The molecule has 1 heterocycles. The first kappa shape index (κ1) is 23.0. The van der Waals surface area contributed by atoms with Crippen molar-refractivity contribution in [2.75, 3.05) is 25.6 Å². The number of ether oxygens (including phenoxy) is 1. The van der Waals surface area contributed by atoms with E-state index in [2.05, 4.69) is 10.2 Å². The average Bonchev–Trinajstić information content (AvgIpc) is 3.11. The number of nitrogens with zero attached hydrogens (tertiary/aromatic N) is 3. The largest absolute Gasteiger partial charge is 0.505 e. The molecule has 10 heteroatoms. The Labute approximate surface area is 180 Å². The van der Waals surface area contributed by atoms with Crippen LogP contribution in [0.1, 0.15) is 32.8 Å². The maximum absolute atomic E-state index is 12.2. The van der Waals surface area contributed by atoms with Gasteiger partial charge in [0.05, 0.1) is 23.9 Å². The lowest BCUT2D eigenvalue weighted by Gasteiger charge is -2.23. The third kappa shape index (κ3) is 4.97. The predicted molar refractivity (Wildman–Crippen MR) is 116 cm³/mol. The maximum Gasteiger partial charge on any atom is 0.180 e. The minimum atomic E-state index is -3.63. The summed E-state index contributed by atoms with van der Waals surface area (Å²) in [6.45, 7) is 5.70. The molecule has 3 aromatic rings. The van der Waals surface area contributed by atoms with Gasteiger partial charge in [0, 0.05) is 24.7 Å². The van der Waals surface area contributed by atoms with Crippen molar-refractivity contribution >= 4 is 20.9 Å². The number of benzene rings is 2. The molecule has 0 fully saturated rings. The molecule has 0 saturated heterocycles. The molecule has 0 aliphatic carbocycles. The summed E-state index contributed by atoms with van der Waals surface area (Å²) in [5.74, 6) is 0.115. The molecule has 0 saturated carbocycles. The van der Waals surface area contributed by atoms with Crippen molar-refractivity contribution in [2.24, 2.45) is 0 Å². The molecule has 0 unspecified atom stereocenters. The first-order valence-electron chi connectivity index (χ1n) is 9.89. The highest BCUT2D eigenvalue weighted by Gasteiger charge is 2.24. The highest BCUT2D eigenvalue weighted by molar-refractivity contribution is 7.91. The Morgan fingerprint density at radius 2 is 1.74 bits per heavy atom. The predicted octanol–water partition coefficient (Wildman–Crippen LogP) is 1.95. The van der Waals surface area contributed by atoms with Gasteiger partial charge in [-0.1, -0.05) is 20.8 Å². The molecule has 0 radical (unpaired) electrons. The van der Waals surface area contributed by atoms with Crippen LogP contribution < -0.4 is 4.74 Å². The number of phenolic OH excluding ortho intramolecular Hbond substituents is 1. The van der Waals surface area contributed by atoms with Crippen LogP contribution in [-0.4, -0.2) is 64.3 Å². The van der Waals surface area contributed by atoms with Gasteiger partial charge in [0.25, 0.3) is 0 Å². The summed E-state index contributed by atoms with van der Waals surface area (Å²) in [6.07, 6.45) is 0.468. The van der Waals surface area contributed by atoms with E-state index >= 15 is 0 Å². The highest BCUT2D eigenvalue weighted by atomic mass is 32.2. The SMILES string of the molecule is CC(C)(C)c1cc(OCCCO)cc(-n2nc3ccc(S(=O)(=O)CCO)cc3n2)c1O. The third-order valence-electron chi connectivity index (χ3n) is 4.73. The van der Waals surface area contributed by atoms with E-state index in [0.717, 1.165) is 0 Å². The number of hydrogen-bond donors (Lipinski definition) is 3. The number of aliphatic hydroxyl groups is 2. The average molecular weight is 450 g/mol. The molecule has 3 N–H and O–H groups in total. The first-order valence-corrected chi connectivity index (χ1v) is 11.5. The van der Waals surface area contributed by atoms with Crippen LogP contribution in [0.15, 0.2) is 35.2 Å². The molecule has 31 heavy (non-hydrogen) atoms. The topological polar surface area (TPSA) is 135 Å².